The smallest absolute Gasteiger partial charge is 0.255 e. The van der Waals surface area contributed by atoms with E-state index in [0.29, 0.717) is 24.4 Å². The van der Waals surface area contributed by atoms with Gasteiger partial charge in [-0.15, -0.1) is 0 Å². The molecule has 9 heteroatoms. The third-order valence-electron chi connectivity index (χ3n) is 9.38. The molecule has 7 rings (SSSR count). The van der Waals surface area contributed by atoms with Crippen LogP contribution in [0.15, 0.2) is 48.7 Å². The number of ether oxygens (including phenoxy) is 2. The summed E-state index contributed by atoms with van der Waals surface area (Å²) < 4.78 is 12.3. The molecule has 4 aliphatic rings. The van der Waals surface area contributed by atoms with Crippen molar-refractivity contribution in [3.05, 3.63) is 71.0 Å². The molecule has 1 N–H and O–H groups in total. The third kappa shape index (κ3) is 5.76. The van der Waals surface area contributed by atoms with Crippen LogP contribution in [0.3, 0.4) is 0 Å². The van der Waals surface area contributed by atoms with Crippen molar-refractivity contribution in [1.82, 2.24) is 20.1 Å². The van der Waals surface area contributed by atoms with Crippen molar-refractivity contribution in [2.24, 2.45) is 0 Å². The van der Waals surface area contributed by atoms with Gasteiger partial charge in [0, 0.05) is 56.4 Å². The van der Waals surface area contributed by atoms with Gasteiger partial charge in [0.25, 0.3) is 5.91 Å². The van der Waals surface area contributed by atoms with E-state index in [4.69, 9.17) is 14.5 Å². The molecule has 4 aliphatic heterocycles. The first-order chi connectivity index (χ1) is 20.7. The van der Waals surface area contributed by atoms with Crippen molar-refractivity contribution in [3.8, 4) is 5.75 Å². The highest BCUT2D eigenvalue weighted by atomic mass is 16.5. The van der Waals surface area contributed by atoms with Gasteiger partial charge in [-0.3, -0.25) is 29.6 Å². The van der Waals surface area contributed by atoms with Crippen LogP contribution in [-0.4, -0.2) is 69.9 Å². The van der Waals surface area contributed by atoms with Crippen LogP contribution in [-0.2, 0) is 27.4 Å². The minimum atomic E-state index is -0.615. The third-order valence-corrected chi connectivity index (χ3v) is 9.38. The second kappa shape index (κ2) is 11.0. The lowest BCUT2D eigenvalue weighted by molar-refractivity contribution is -0.136. The molecule has 2 aromatic carbocycles. The summed E-state index contributed by atoms with van der Waals surface area (Å²) in [5.41, 5.74) is 3.80. The Balaban J connectivity index is 0.957. The van der Waals surface area contributed by atoms with E-state index in [1.807, 2.05) is 18.3 Å². The Labute approximate surface area is 251 Å². The lowest BCUT2D eigenvalue weighted by atomic mass is 9.83. The van der Waals surface area contributed by atoms with Crippen LogP contribution in [0.2, 0.25) is 0 Å². The maximum absolute atomic E-state index is 13.0. The van der Waals surface area contributed by atoms with Gasteiger partial charge in [-0.05, 0) is 92.3 Å². The van der Waals surface area contributed by atoms with Gasteiger partial charge < -0.3 is 14.4 Å². The first-order valence-electron chi connectivity index (χ1n) is 15.4. The van der Waals surface area contributed by atoms with Crippen molar-refractivity contribution in [1.29, 1.82) is 0 Å². The zero-order valence-electron chi connectivity index (χ0n) is 24.8. The predicted octanol–water partition coefficient (Wildman–Crippen LogP) is 4.32. The molecular weight excluding hydrogens is 544 g/mol. The Bertz CT molecular complexity index is 1600. The number of pyridine rings is 1. The number of carbonyl (C=O) groups excluding carboxylic acids is 3. The minimum absolute atomic E-state index is 0.0492. The summed E-state index contributed by atoms with van der Waals surface area (Å²) in [4.78, 5) is 45.6. The molecule has 0 saturated carbocycles. The number of nitrogens with one attached hydrogen (secondary N) is 1. The second-order valence-corrected chi connectivity index (χ2v) is 13.1. The number of nitrogens with zero attached hydrogens (tertiary/aromatic N) is 3. The van der Waals surface area contributed by atoms with Gasteiger partial charge in [-0.25, -0.2) is 0 Å². The number of aromatic nitrogens is 1. The molecular formula is C34H38N4O5. The largest absolute Gasteiger partial charge is 0.489 e. The summed E-state index contributed by atoms with van der Waals surface area (Å²) in [6, 6.07) is 13.9. The van der Waals surface area contributed by atoms with Crippen molar-refractivity contribution >= 4 is 28.5 Å². The average Bonchev–Trinajstić information content (AvgIpc) is 3.55. The van der Waals surface area contributed by atoms with E-state index in [1.54, 1.807) is 11.0 Å². The first kappa shape index (κ1) is 28.0. The molecule has 224 valence electrons. The summed E-state index contributed by atoms with van der Waals surface area (Å²) in [6.45, 7) is 8.00. The quantitative estimate of drug-likeness (QED) is 0.432. The van der Waals surface area contributed by atoms with E-state index in [2.05, 4.69) is 48.3 Å². The highest BCUT2D eigenvalue weighted by molar-refractivity contribution is 6.05. The molecule has 3 atom stereocenters. The minimum Gasteiger partial charge on any atom is -0.489 e. The number of hydrogen-bond donors (Lipinski definition) is 1. The SMILES string of the molecule is CC1(C)C[C@H](c2ccc3cc(CN4CC[C@H](Oc5ccc6c(c5)CN([C@H]5CCC(=O)NC5=O)C6=O)C4)ncc3c2)CCO1. The van der Waals surface area contributed by atoms with Crippen molar-refractivity contribution in [2.45, 2.75) is 82.7 Å². The zero-order valence-corrected chi connectivity index (χ0v) is 24.8. The van der Waals surface area contributed by atoms with Crippen LogP contribution in [0.5, 0.6) is 5.75 Å². The van der Waals surface area contributed by atoms with Crippen molar-refractivity contribution in [2.75, 3.05) is 19.7 Å². The number of piperidine rings is 1. The van der Waals surface area contributed by atoms with Crippen LogP contribution in [0.4, 0.5) is 0 Å². The Morgan fingerprint density at radius 1 is 1.05 bits per heavy atom. The molecule has 0 unspecified atom stereocenters. The van der Waals surface area contributed by atoms with E-state index in [0.717, 1.165) is 62.5 Å². The molecule has 3 amide bonds. The monoisotopic (exact) mass is 582 g/mol. The Hall–Kier alpha value is -3.82. The summed E-state index contributed by atoms with van der Waals surface area (Å²) in [5.74, 6) is 0.396. The number of benzene rings is 2. The van der Waals surface area contributed by atoms with Crippen molar-refractivity contribution < 1.29 is 23.9 Å². The highest BCUT2D eigenvalue weighted by Gasteiger charge is 2.39. The van der Waals surface area contributed by atoms with E-state index in [9.17, 15) is 14.4 Å². The summed E-state index contributed by atoms with van der Waals surface area (Å²) in [7, 11) is 0. The summed E-state index contributed by atoms with van der Waals surface area (Å²) in [5, 5.41) is 4.74. The molecule has 43 heavy (non-hydrogen) atoms. The average molecular weight is 583 g/mol. The molecule has 1 aromatic heterocycles. The molecule has 3 fully saturated rings. The fraction of sp³-hybridized carbons (Fsp3) is 0.471. The van der Waals surface area contributed by atoms with Gasteiger partial charge in [-0.2, -0.15) is 0 Å². The molecule has 5 heterocycles. The van der Waals surface area contributed by atoms with Gasteiger partial charge >= 0.3 is 0 Å². The van der Waals surface area contributed by atoms with Crippen LogP contribution in [0.25, 0.3) is 10.8 Å². The molecule has 0 spiro atoms. The number of hydrogen-bond acceptors (Lipinski definition) is 7. The normalized spacial score (nSPS) is 25.7. The topological polar surface area (TPSA) is 101 Å². The number of carbonyl (C=O) groups is 3. The van der Waals surface area contributed by atoms with Crippen LogP contribution < -0.4 is 10.1 Å². The fourth-order valence-electron chi connectivity index (χ4n) is 7.15. The van der Waals surface area contributed by atoms with Gasteiger partial charge in [0.15, 0.2) is 0 Å². The van der Waals surface area contributed by atoms with E-state index < -0.39 is 11.9 Å². The predicted molar refractivity (Wildman–Crippen MR) is 161 cm³/mol. The number of fused-ring (bicyclic) bond motifs is 2. The van der Waals surface area contributed by atoms with Gasteiger partial charge in [-0.1, -0.05) is 12.1 Å². The maximum Gasteiger partial charge on any atom is 0.255 e. The van der Waals surface area contributed by atoms with Gasteiger partial charge in [0.2, 0.25) is 11.8 Å². The number of amides is 3. The lowest BCUT2D eigenvalue weighted by Crippen LogP contribution is -2.52. The Morgan fingerprint density at radius 3 is 2.77 bits per heavy atom. The first-order valence-corrected chi connectivity index (χ1v) is 15.4. The molecule has 0 radical (unpaired) electrons. The number of imide groups is 1. The van der Waals surface area contributed by atoms with Crippen LogP contribution >= 0.6 is 0 Å². The highest BCUT2D eigenvalue weighted by Crippen LogP contribution is 2.37. The lowest BCUT2D eigenvalue weighted by Gasteiger charge is -2.35. The van der Waals surface area contributed by atoms with E-state index in [-0.39, 0.29) is 29.9 Å². The molecule has 3 saturated heterocycles. The van der Waals surface area contributed by atoms with Crippen molar-refractivity contribution in [3.63, 3.8) is 0 Å². The molecule has 9 nitrogen and oxygen atoms in total. The maximum atomic E-state index is 13.0. The van der Waals surface area contributed by atoms with E-state index >= 15 is 0 Å². The Morgan fingerprint density at radius 2 is 1.93 bits per heavy atom. The van der Waals surface area contributed by atoms with Crippen LogP contribution in [0, 0.1) is 0 Å². The molecule has 3 aromatic rings. The van der Waals surface area contributed by atoms with E-state index in [1.165, 1.54) is 16.3 Å². The summed E-state index contributed by atoms with van der Waals surface area (Å²) >= 11 is 0. The standard InChI is InChI=1S/C34H38N4O5/c1-34(2)16-23(10-12-42-34)21-3-4-22-14-26(35-17-24(22)13-21)19-37-11-9-28(20-37)43-27-5-6-29-25(15-27)18-38(33(29)41)30-7-8-31(39)36-32(30)40/h3-6,13-15,17,23,28,30H,7-12,16,18-20H2,1-2H3,(H,36,39,40)/t23-,28+,30+/m1/s1. The number of rotatable bonds is 6. The zero-order chi connectivity index (χ0) is 29.7. The molecule has 0 bridgehead atoms. The second-order valence-electron chi connectivity index (χ2n) is 13.1. The van der Waals surface area contributed by atoms with Gasteiger partial charge in [0.05, 0.1) is 11.3 Å². The Kier molecular flexibility index (Phi) is 7.18. The fourth-order valence-corrected chi connectivity index (χ4v) is 7.15. The van der Waals surface area contributed by atoms with Crippen LogP contribution in [0.1, 0.15) is 79.0 Å². The number of likely N-dealkylation sites (tertiary alicyclic amines) is 1. The molecule has 0 aliphatic carbocycles. The summed E-state index contributed by atoms with van der Waals surface area (Å²) in [6.07, 6.45) is 5.66. The van der Waals surface area contributed by atoms with Gasteiger partial charge in [0.1, 0.15) is 17.9 Å².